The van der Waals surface area contributed by atoms with Crippen LogP contribution in [-0.4, -0.2) is 11.9 Å². The van der Waals surface area contributed by atoms with Crippen molar-refractivity contribution in [2.24, 2.45) is 0 Å². The number of carbonyl (C=O) groups is 1. The molecular weight excluding hydrogens is 304 g/mol. The zero-order valence-electron chi connectivity index (χ0n) is 14.1. The van der Waals surface area contributed by atoms with E-state index in [2.05, 4.69) is 48.1 Å². The molecule has 3 nitrogen and oxygen atoms in total. The predicted octanol–water partition coefficient (Wildman–Crippen LogP) is 4.44. The van der Waals surface area contributed by atoms with E-state index in [0.717, 1.165) is 12.8 Å². The SMILES string of the molecule is CCCC(NC(=O)C(C)NC(C)c1cccs1)c1ccccc1. The molecule has 0 saturated carbocycles. The second-order valence-corrected chi connectivity index (χ2v) is 6.87. The van der Waals surface area contributed by atoms with Crippen molar-refractivity contribution in [2.75, 3.05) is 0 Å². The van der Waals surface area contributed by atoms with Crippen molar-refractivity contribution in [2.45, 2.75) is 51.7 Å². The molecule has 0 fully saturated rings. The molecule has 1 amide bonds. The van der Waals surface area contributed by atoms with Crippen LogP contribution in [0, 0.1) is 0 Å². The number of hydrogen-bond acceptors (Lipinski definition) is 3. The van der Waals surface area contributed by atoms with Gasteiger partial charge in [0.15, 0.2) is 0 Å². The van der Waals surface area contributed by atoms with Gasteiger partial charge in [-0.2, -0.15) is 0 Å². The molecule has 3 unspecified atom stereocenters. The molecule has 0 radical (unpaired) electrons. The maximum absolute atomic E-state index is 12.5. The van der Waals surface area contributed by atoms with Gasteiger partial charge in [0.2, 0.25) is 5.91 Å². The summed E-state index contributed by atoms with van der Waals surface area (Å²) < 4.78 is 0. The maximum Gasteiger partial charge on any atom is 0.237 e. The molecule has 0 aliphatic carbocycles. The van der Waals surface area contributed by atoms with E-state index in [9.17, 15) is 4.79 Å². The van der Waals surface area contributed by atoms with Gasteiger partial charge in [0.05, 0.1) is 12.1 Å². The molecule has 124 valence electrons. The van der Waals surface area contributed by atoms with E-state index in [1.807, 2.05) is 31.2 Å². The second-order valence-electron chi connectivity index (χ2n) is 5.89. The van der Waals surface area contributed by atoms with Crippen LogP contribution in [0.3, 0.4) is 0 Å². The normalized spacial score (nSPS) is 14.9. The van der Waals surface area contributed by atoms with Crippen LogP contribution in [0.1, 0.15) is 56.1 Å². The molecule has 0 aliphatic heterocycles. The standard InChI is InChI=1S/C19H26N2OS/c1-4-9-17(16-10-6-5-7-11-16)21-19(22)15(3)20-14(2)18-12-8-13-23-18/h5-8,10-15,17,20H,4,9H2,1-3H3,(H,21,22). The highest BCUT2D eigenvalue weighted by molar-refractivity contribution is 7.10. The molecule has 1 aromatic carbocycles. The van der Waals surface area contributed by atoms with Gasteiger partial charge in [0.25, 0.3) is 0 Å². The van der Waals surface area contributed by atoms with E-state index in [-0.39, 0.29) is 24.0 Å². The van der Waals surface area contributed by atoms with E-state index in [1.165, 1.54) is 10.4 Å². The first-order chi connectivity index (χ1) is 11.1. The Bertz CT molecular complexity index is 583. The lowest BCUT2D eigenvalue weighted by Crippen LogP contribution is -2.44. The first kappa shape index (κ1) is 17.7. The topological polar surface area (TPSA) is 41.1 Å². The molecule has 2 aromatic rings. The summed E-state index contributed by atoms with van der Waals surface area (Å²) in [7, 11) is 0. The third-order valence-corrected chi connectivity index (χ3v) is 5.01. The quantitative estimate of drug-likeness (QED) is 0.751. The minimum Gasteiger partial charge on any atom is -0.348 e. The number of benzene rings is 1. The minimum atomic E-state index is -0.227. The third-order valence-electron chi connectivity index (χ3n) is 3.96. The third kappa shape index (κ3) is 5.19. The molecule has 3 atom stereocenters. The van der Waals surface area contributed by atoms with E-state index >= 15 is 0 Å². The van der Waals surface area contributed by atoms with Gasteiger partial charge in [-0.05, 0) is 37.3 Å². The molecular formula is C19H26N2OS. The summed E-state index contributed by atoms with van der Waals surface area (Å²) in [4.78, 5) is 13.8. The highest BCUT2D eigenvalue weighted by Crippen LogP contribution is 2.20. The first-order valence-corrected chi connectivity index (χ1v) is 9.14. The van der Waals surface area contributed by atoms with Crippen LogP contribution in [0.15, 0.2) is 47.8 Å². The summed E-state index contributed by atoms with van der Waals surface area (Å²) in [5.41, 5.74) is 1.17. The van der Waals surface area contributed by atoms with Crippen LogP contribution in [-0.2, 0) is 4.79 Å². The lowest BCUT2D eigenvalue weighted by molar-refractivity contribution is -0.123. The minimum absolute atomic E-state index is 0.0516. The zero-order valence-corrected chi connectivity index (χ0v) is 14.9. The number of thiophene rings is 1. The molecule has 0 aliphatic rings. The van der Waals surface area contributed by atoms with Crippen molar-refractivity contribution in [3.05, 3.63) is 58.3 Å². The van der Waals surface area contributed by atoms with E-state index < -0.39 is 0 Å². The number of rotatable bonds is 8. The Morgan fingerprint density at radius 3 is 2.48 bits per heavy atom. The lowest BCUT2D eigenvalue weighted by atomic mass is 10.0. The monoisotopic (exact) mass is 330 g/mol. The lowest BCUT2D eigenvalue weighted by Gasteiger charge is -2.23. The Morgan fingerprint density at radius 1 is 1.13 bits per heavy atom. The fourth-order valence-corrected chi connectivity index (χ4v) is 3.41. The highest BCUT2D eigenvalue weighted by atomic mass is 32.1. The molecule has 0 saturated heterocycles. The summed E-state index contributed by atoms with van der Waals surface area (Å²) in [6.45, 7) is 6.16. The van der Waals surface area contributed by atoms with Crippen LogP contribution < -0.4 is 10.6 Å². The van der Waals surface area contributed by atoms with E-state index in [1.54, 1.807) is 11.3 Å². The molecule has 2 N–H and O–H groups in total. The largest absolute Gasteiger partial charge is 0.348 e. The molecule has 4 heteroatoms. The van der Waals surface area contributed by atoms with Gasteiger partial charge >= 0.3 is 0 Å². The smallest absolute Gasteiger partial charge is 0.237 e. The first-order valence-electron chi connectivity index (χ1n) is 8.26. The Balaban J connectivity index is 1.95. The Morgan fingerprint density at radius 2 is 1.87 bits per heavy atom. The second kappa shape index (κ2) is 8.85. The van der Waals surface area contributed by atoms with Gasteiger partial charge in [-0.15, -0.1) is 11.3 Å². The van der Waals surface area contributed by atoms with Crippen molar-refractivity contribution in [3.8, 4) is 0 Å². The van der Waals surface area contributed by atoms with E-state index in [0.29, 0.717) is 0 Å². The number of hydrogen-bond donors (Lipinski definition) is 2. The molecule has 1 heterocycles. The average Bonchev–Trinajstić information content (AvgIpc) is 3.09. The number of nitrogens with one attached hydrogen (secondary N) is 2. The number of amides is 1. The fourth-order valence-electron chi connectivity index (χ4n) is 2.66. The molecule has 23 heavy (non-hydrogen) atoms. The van der Waals surface area contributed by atoms with Crippen LogP contribution in [0.5, 0.6) is 0 Å². The van der Waals surface area contributed by atoms with Crippen molar-refractivity contribution in [1.82, 2.24) is 10.6 Å². The summed E-state index contributed by atoms with van der Waals surface area (Å²) in [5, 5.41) is 8.63. The highest BCUT2D eigenvalue weighted by Gasteiger charge is 2.20. The van der Waals surface area contributed by atoms with Gasteiger partial charge in [-0.25, -0.2) is 0 Å². The van der Waals surface area contributed by atoms with Gasteiger partial charge < -0.3 is 5.32 Å². The van der Waals surface area contributed by atoms with Crippen LogP contribution in [0.2, 0.25) is 0 Å². The van der Waals surface area contributed by atoms with Crippen LogP contribution >= 0.6 is 11.3 Å². The summed E-state index contributed by atoms with van der Waals surface area (Å²) >= 11 is 1.71. The van der Waals surface area contributed by atoms with Crippen molar-refractivity contribution >= 4 is 17.2 Å². The average molecular weight is 330 g/mol. The van der Waals surface area contributed by atoms with Gasteiger partial charge in [0.1, 0.15) is 0 Å². The van der Waals surface area contributed by atoms with Crippen LogP contribution in [0.25, 0.3) is 0 Å². The molecule has 1 aromatic heterocycles. The fraction of sp³-hybridized carbons (Fsp3) is 0.421. The van der Waals surface area contributed by atoms with Crippen molar-refractivity contribution in [1.29, 1.82) is 0 Å². The van der Waals surface area contributed by atoms with Crippen molar-refractivity contribution in [3.63, 3.8) is 0 Å². The predicted molar refractivity (Wildman–Crippen MR) is 97.6 cm³/mol. The Hall–Kier alpha value is -1.65. The van der Waals surface area contributed by atoms with E-state index in [4.69, 9.17) is 0 Å². The van der Waals surface area contributed by atoms with Gasteiger partial charge in [-0.1, -0.05) is 49.7 Å². The summed E-state index contributed by atoms with van der Waals surface area (Å²) in [5.74, 6) is 0.0516. The maximum atomic E-state index is 12.5. The van der Waals surface area contributed by atoms with Gasteiger partial charge in [-0.3, -0.25) is 10.1 Å². The summed E-state index contributed by atoms with van der Waals surface area (Å²) in [6, 6.07) is 14.4. The number of carbonyl (C=O) groups excluding carboxylic acids is 1. The molecule has 0 spiro atoms. The van der Waals surface area contributed by atoms with Crippen LogP contribution in [0.4, 0.5) is 0 Å². The van der Waals surface area contributed by atoms with Crippen molar-refractivity contribution < 1.29 is 4.79 Å². The van der Waals surface area contributed by atoms with Gasteiger partial charge in [0, 0.05) is 10.9 Å². The summed E-state index contributed by atoms with van der Waals surface area (Å²) in [6.07, 6.45) is 1.98. The molecule has 0 bridgehead atoms. The Kier molecular flexibility index (Phi) is 6.81. The Labute approximate surface area is 143 Å². The molecule has 2 rings (SSSR count). The zero-order chi connectivity index (χ0) is 16.7.